The lowest BCUT2D eigenvalue weighted by atomic mass is 10.1. The first-order valence-electron chi connectivity index (χ1n) is 7.99. The number of anilines is 2. The lowest BCUT2D eigenvalue weighted by molar-refractivity contribution is -0.117. The number of fused-ring (bicyclic) bond motifs is 1. The molecule has 0 spiro atoms. The van der Waals surface area contributed by atoms with E-state index >= 15 is 0 Å². The number of carbonyl (C=O) groups excluding carboxylic acids is 1. The van der Waals surface area contributed by atoms with Crippen LogP contribution in [0, 0.1) is 5.82 Å². The van der Waals surface area contributed by atoms with E-state index in [9.17, 15) is 9.18 Å². The molecular weight excluding hydrogens is 335 g/mol. The van der Waals surface area contributed by atoms with Gasteiger partial charge in [0, 0.05) is 23.4 Å². The van der Waals surface area contributed by atoms with Crippen molar-refractivity contribution in [1.82, 2.24) is 0 Å². The number of nitrogens with zero attached hydrogens (tertiary/aromatic N) is 1. The summed E-state index contributed by atoms with van der Waals surface area (Å²) in [5.74, 6) is 0.224. The molecule has 0 radical (unpaired) electrons. The molecule has 4 rings (SSSR count). The fraction of sp³-hybridized carbons (Fsp3) is 0.0500. The number of amides is 1. The van der Waals surface area contributed by atoms with Gasteiger partial charge < -0.3 is 14.9 Å². The van der Waals surface area contributed by atoms with Crippen molar-refractivity contribution in [3.05, 3.63) is 83.8 Å². The first-order valence-corrected chi connectivity index (χ1v) is 7.99. The summed E-state index contributed by atoms with van der Waals surface area (Å²) in [4.78, 5) is 14.4. The number of ether oxygens (including phenoxy) is 1. The molecule has 0 saturated heterocycles. The van der Waals surface area contributed by atoms with Crippen LogP contribution in [-0.2, 0) is 11.3 Å². The summed E-state index contributed by atoms with van der Waals surface area (Å²) >= 11 is 0. The Morgan fingerprint density at radius 2 is 1.96 bits per heavy atom. The van der Waals surface area contributed by atoms with Crippen molar-refractivity contribution in [2.75, 3.05) is 10.6 Å². The molecule has 1 aromatic heterocycles. The Morgan fingerprint density at radius 1 is 1.12 bits per heavy atom. The molecule has 6 heteroatoms. The Kier molecular flexibility index (Phi) is 3.93. The van der Waals surface area contributed by atoms with Gasteiger partial charge in [0.05, 0.1) is 18.5 Å². The zero-order chi connectivity index (χ0) is 18.1. The molecule has 5 nitrogen and oxygen atoms in total. The summed E-state index contributed by atoms with van der Waals surface area (Å²) in [6.07, 6.45) is 3.01. The molecular formula is C20H15FN2O3. The average molecular weight is 350 g/mol. The van der Waals surface area contributed by atoms with E-state index < -0.39 is 0 Å². The summed E-state index contributed by atoms with van der Waals surface area (Å²) < 4.78 is 25.1. The Labute approximate surface area is 149 Å². The molecule has 2 heterocycles. The standard InChI is InChI=1S/C20H15FN2O3/c21-16-6-2-1-4-13(16)12-23-17-8-7-14(22)10-18(17)26-19(20(23)24)11-15-5-3-9-25-15/h1-11H,12,22H2/b19-11+. The second-order valence-corrected chi connectivity index (χ2v) is 5.84. The number of carbonyl (C=O) groups is 1. The molecule has 1 amide bonds. The summed E-state index contributed by atoms with van der Waals surface area (Å²) in [5, 5.41) is 0. The number of benzene rings is 2. The molecule has 0 unspecified atom stereocenters. The van der Waals surface area contributed by atoms with E-state index in [4.69, 9.17) is 14.9 Å². The molecule has 0 fully saturated rings. The monoisotopic (exact) mass is 350 g/mol. The topological polar surface area (TPSA) is 68.7 Å². The Bertz CT molecular complexity index is 996. The fourth-order valence-corrected chi connectivity index (χ4v) is 2.79. The van der Waals surface area contributed by atoms with Gasteiger partial charge in [-0.25, -0.2) is 4.39 Å². The van der Waals surface area contributed by atoms with Crippen LogP contribution >= 0.6 is 0 Å². The second kappa shape index (κ2) is 6.40. The van der Waals surface area contributed by atoms with Gasteiger partial charge in [0.25, 0.3) is 5.91 Å². The zero-order valence-corrected chi connectivity index (χ0v) is 13.7. The number of hydrogen-bond donors (Lipinski definition) is 1. The number of nitrogen functional groups attached to an aromatic ring is 1. The third kappa shape index (κ3) is 2.93. The summed E-state index contributed by atoms with van der Waals surface area (Å²) in [5.41, 5.74) is 7.28. The Hall–Kier alpha value is -3.54. The van der Waals surface area contributed by atoms with E-state index in [1.165, 1.54) is 23.3 Å². The average Bonchev–Trinajstić information content (AvgIpc) is 3.13. The van der Waals surface area contributed by atoms with E-state index in [2.05, 4.69) is 0 Å². The summed E-state index contributed by atoms with van der Waals surface area (Å²) in [7, 11) is 0. The van der Waals surface area contributed by atoms with Crippen molar-refractivity contribution in [2.24, 2.45) is 0 Å². The predicted molar refractivity (Wildman–Crippen MR) is 95.8 cm³/mol. The van der Waals surface area contributed by atoms with E-state index in [-0.39, 0.29) is 24.0 Å². The van der Waals surface area contributed by atoms with E-state index in [1.807, 2.05) is 0 Å². The van der Waals surface area contributed by atoms with Gasteiger partial charge in [-0.05, 0) is 30.3 Å². The molecule has 2 N–H and O–H groups in total. The van der Waals surface area contributed by atoms with Crippen LogP contribution in [0.4, 0.5) is 15.8 Å². The highest BCUT2D eigenvalue weighted by molar-refractivity contribution is 6.09. The van der Waals surface area contributed by atoms with Crippen molar-refractivity contribution in [3.63, 3.8) is 0 Å². The predicted octanol–water partition coefficient (Wildman–Crippen LogP) is 3.97. The Balaban J connectivity index is 1.78. The maximum absolute atomic E-state index is 14.1. The maximum atomic E-state index is 14.1. The van der Waals surface area contributed by atoms with Gasteiger partial charge in [0.2, 0.25) is 0 Å². The molecule has 0 aliphatic carbocycles. The van der Waals surface area contributed by atoms with Crippen LogP contribution in [0.15, 0.2) is 71.0 Å². The van der Waals surface area contributed by atoms with Gasteiger partial charge in [-0.15, -0.1) is 0 Å². The lowest BCUT2D eigenvalue weighted by Gasteiger charge is -2.30. The molecule has 0 bridgehead atoms. The van der Waals surface area contributed by atoms with Crippen molar-refractivity contribution in [1.29, 1.82) is 0 Å². The van der Waals surface area contributed by atoms with Crippen LogP contribution in [-0.4, -0.2) is 5.91 Å². The molecule has 130 valence electrons. The third-order valence-electron chi connectivity index (χ3n) is 4.05. The molecule has 0 saturated carbocycles. The van der Waals surface area contributed by atoms with Crippen LogP contribution in [0.1, 0.15) is 11.3 Å². The van der Waals surface area contributed by atoms with Gasteiger partial charge in [0.15, 0.2) is 11.5 Å². The second-order valence-electron chi connectivity index (χ2n) is 5.84. The minimum Gasteiger partial charge on any atom is -0.465 e. The van der Waals surface area contributed by atoms with Crippen LogP contribution in [0.5, 0.6) is 5.75 Å². The van der Waals surface area contributed by atoms with Gasteiger partial charge in [-0.1, -0.05) is 18.2 Å². The van der Waals surface area contributed by atoms with E-state index in [0.717, 1.165) is 0 Å². The largest absolute Gasteiger partial charge is 0.465 e. The normalized spacial score (nSPS) is 15.0. The van der Waals surface area contributed by atoms with Crippen molar-refractivity contribution >= 4 is 23.4 Å². The SMILES string of the molecule is Nc1ccc2c(c1)O/C(=C/c1ccco1)C(=O)N2Cc1ccccc1F. The van der Waals surface area contributed by atoms with Gasteiger partial charge in [-0.2, -0.15) is 0 Å². The summed E-state index contributed by atoms with van der Waals surface area (Å²) in [6.45, 7) is 0.0707. The molecule has 26 heavy (non-hydrogen) atoms. The van der Waals surface area contributed by atoms with Crippen molar-refractivity contribution < 1.29 is 18.3 Å². The van der Waals surface area contributed by atoms with Crippen LogP contribution < -0.4 is 15.4 Å². The molecule has 2 aromatic carbocycles. The number of nitrogens with two attached hydrogens (primary N) is 1. The summed E-state index contributed by atoms with van der Waals surface area (Å²) in [6, 6.07) is 14.8. The van der Waals surface area contributed by atoms with Gasteiger partial charge in [0.1, 0.15) is 11.6 Å². The van der Waals surface area contributed by atoms with E-state index in [0.29, 0.717) is 28.4 Å². The van der Waals surface area contributed by atoms with E-state index in [1.54, 1.807) is 48.5 Å². The number of hydrogen-bond acceptors (Lipinski definition) is 4. The molecule has 1 aliphatic heterocycles. The number of rotatable bonds is 3. The lowest BCUT2D eigenvalue weighted by Crippen LogP contribution is -2.37. The smallest absolute Gasteiger partial charge is 0.294 e. The van der Waals surface area contributed by atoms with Gasteiger partial charge >= 0.3 is 0 Å². The van der Waals surface area contributed by atoms with Crippen molar-refractivity contribution in [3.8, 4) is 5.75 Å². The zero-order valence-electron chi connectivity index (χ0n) is 13.7. The molecule has 1 aliphatic rings. The first kappa shape index (κ1) is 16.0. The molecule has 3 aromatic rings. The number of furan rings is 1. The minimum absolute atomic E-state index is 0.0707. The fourth-order valence-electron chi connectivity index (χ4n) is 2.79. The highest BCUT2D eigenvalue weighted by atomic mass is 19.1. The van der Waals surface area contributed by atoms with Crippen molar-refractivity contribution in [2.45, 2.75) is 6.54 Å². The highest BCUT2D eigenvalue weighted by Gasteiger charge is 2.31. The third-order valence-corrected chi connectivity index (χ3v) is 4.05. The highest BCUT2D eigenvalue weighted by Crippen LogP contribution is 2.38. The maximum Gasteiger partial charge on any atom is 0.294 e. The first-order chi connectivity index (χ1) is 12.6. The van der Waals surface area contributed by atoms with Crippen LogP contribution in [0.25, 0.3) is 6.08 Å². The quantitative estimate of drug-likeness (QED) is 0.573. The Morgan fingerprint density at radius 3 is 2.73 bits per heavy atom. The van der Waals surface area contributed by atoms with Crippen LogP contribution in [0.2, 0.25) is 0 Å². The molecule has 0 atom stereocenters. The van der Waals surface area contributed by atoms with Gasteiger partial charge in [-0.3, -0.25) is 9.69 Å². The van der Waals surface area contributed by atoms with Crippen LogP contribution in [0.3, 0.4) is 0 Å². The number of halogens is 1. The minimum atomic E-state index is -0.387.